The van der Waals surface area contributed by atoms with Crippen LogP contribution in [-0.2, 0) is 20.9 Å². The molecule has 0 aliphatic carbocycles. The zero-order valence-corrected chi connectivity index (χ0v) is 14.5. The van der Waals surface area contributed by atoms with E-state index in [4.69, 9.17) is 4.74 Å². The maximum Gasteiger partial charge on any atom is 0.242 e. The molecule has 1 fully saturated rings. The average molecular weight is 347 g/mol. The van der Waals surface area contributed by atoms with Crippen molar-refractivity contribution in [3.63, 3.8) is 0 Å². The number of carbonyl (C=O) groups is 2. The van der Waals surface area contributed by atoms with Crippen molar-refractivity contribution in [3.8, 4) is 0 Å². The van der Waals surface area contributed by atoms with Crippen molar-refractivity contribution in [2.24, 2.45) is 0 Å². The van der Waals surface area contributed by atoms with Crippen LogP contribution < -0.4 is 5.32 Å². The van der Waals surface area contributed by atoms with Crippen molar-refractivity contribution in [1.29, 1.82) is 0 Å². The molecular weight excluding hydrogens is 326 g/mol. The molecule has 1 aliphatic heterocycles. The monoisotopic (exact) mass is 347 g/mol. The summed E-state index contributed by atoms with van der Waals surface area (Å²) in [6.45, 7) is 2.81. The Bertz CT molecular complexity index is 738. The molecule has 0 saturated carbocycles. The molecule has 3 rings (SSSR count). The number of hydrogen-bond acceptors (Lipinski definition) is 4. The molecule has 24 heavy (non-hydrogen) atoms. The number of ether oxygens (including phenoxy) is 1. The first kappa shape index (κ1) is 16.9. The largest absolute Gasteiger partial charge is 0.378 e. The highest BCUT2D eigenvalue weighted by molar-refractivity contribution is 8.00. The van der Waals surface area contributed by atoms with E-state index in [-0.39, 0.29) is 11.8 Å². The Labute approximate surface area is 145 Å². The molecule has 128 valence electrons. The fraction of sp³-hybridized carbons (Fsp3) is 0.412. The lowest BCUT2D eigenvalue weighted by molar-refractivity contribution is -0.135. The standard InChI is InChI=1S/C17H21N3O3S/c1-18-16(21)12-24-15-10-20(14-5-3-2-4-13(14)15)11-17(22)19-6-8-23-9-7-19/h2-5,10H,6-9,11-12H2,1H3,(H,18,21). The van der Waals surface area contributed by atoms with Crippen LogP contribution in [0.15, 0.2) is 35.4 Å². The van der Waals surface area contributed by atoms with Crippen molar-refractivity contribution in [1.82, 2.24) is 14.8 Å². The second kappa shape index (κ2) is 7.72. The van der Waals surface area contributed by atoms with Gasteiger partial charge in [0.25, 0.3) is 0 Å². The number of fused-ring (bicyclic) bond motifs is 1. The van der Waals surface area contributed by atoms with Gasteiger partial charge in [0.2, 0.25) is 11.8 Å². The predicted molar refractivity (Wildman–Crippen MR) is 94.1 cm³/mol. The normalized spacial score (nSPS) is 14.8. The number of thioether (sulfide) groups is 1. The third-order valence-electron chi connectivity index (χ3n) is 4.06. The number of rotatable bonds is 5. The molecule has 1 aromatic carbocycles. The van der Waals surface area contributed by atoms with E-state index < -0.39 is 0 Å². The summed E-state index contributed by atoms with van der Waals surface area (Å²) in [5.41, 5.74) is 1.01. The molecule has 0 spiro atoms. The van der Waals surface area contributed by atoms with Gasteiger partial charge in [-0.25, -0.2) is 0 Å². The molecule has 1 N–H and O–H groups in total. The number of morpholine rings is 1. The molecule has 0 bridgehead atoms. The molecule has 6 nitrogen and oxygen atoms in total. The summed E-state index contributed by atoms with van der Waals surface area (Å²) in [6.07, 6.45) is 1.97. The molecule has 0 radical (unpaired) electrons. The minimum atomic E-state index is -0.0128. The van der Waals surface area contributed by atoms with Crippen molar-refractivity contribution < 1.29 is 14.3 Å². The molecular formula is C17H21N3O3S. The second-order valence-corrected chi connectivity index (χ2v) is 6.61. The zero-order chi connectivity index (χ0) is 16.9. The summed E-state index contributed by atoms with van der Waals surface area (Å²) >= 11 is 1.49. The third-order valence-corrected chi connectivity index (χ3v) is 5.10. The van der Waals surface area contributed by atoms with Gasteiger partial charge in [-0.15, -0.1) is 11.8 Å². The number of carbonyl (C=O) groups excluding carboxylic acids is 2. The highest BCUT2D eigenvalue weighted by atomic mass is 32.2. The number of amides is 2. The van der Waals surface area contributed by atoms with Crippen LogP contribution in [0.5, 0.6) is 0 Å². The number of benzene rings is 1. The Kier molecular flexibility index (Phi) is 5.42. The minimum Gasteiger partial charge on any atom is -0.378 e. The van der Waals surface area contributed by atoms with E-state index in [1.165, 1.54) is 11.8 Å². The van der Waals surface area contributed by atoms with Crippen molar-refractivity contribution in [3.05, 3.63) is 30.5 Å². The van der Waals surface area contributed by atoms with Crippen molar-refractivity contribution >= 4 is 34.5 Å². The molecule has 7 heteroatoms. The summed E-state index contributed by atoms with van der Waals surface area (Å²) in [5.74, 6) is 0.449. The maximum atomic E-state index is 12.5. The Morgan fingerprint density at radius 3 is 2.75 bits per heavy atom. The average Bonchev–Trinajstić information content (AvgIpc) is 2.98. The lowest BCUT2D eigenvalue weighted by Gasteiger charge is -2.27. The van der Waals surface area contributed by atoms with E-state index in [1.54, 1.807) is 7.05 Å². The van der Waals surface area contributed by atoms with Crippen molar-refractivity contribution in [2.75, 3.05) is 39.1 Å². The molecule has 0 atom stereocenters. The van der Waals surface area contributed by atoms with Gasteiger partial charge >= 0.3 is 0 Å². The Balaban J connectivity index is 1.79. The molecule has 0 unspecified atom stereocenters. The van der Waals surface area contributed by atoms with Crippen LogP contribution in [0.3, 0.4) is 0 Å². The van der Waals surface area contributed by atoms with Gasteiger partial charge in [0, 0.05) is 42.1 Å². The summed E-state index contributed by atoms with van der Waals surface area (Å²) in [6, 6.07) is 7.97. The van der Waals surface area contributed by atoms with E-state index in [1.807, 2.05) is 39.9 Å². The Morgan fingerprint density at radius 1 is 1.25 bits per heavy atom. The quantitative estimate of drug-likeness (QED) is 0.829. The van der Waals surface area contributed by atoms with Gasteiger partial charge in [-0.2, -0.15) is 0 Å². The number of nitrogens with zero attached hydrogens (tertiary/aromatic N) is 2. The predicted octanol–water partition coefficient (Wildman–Crippen LogP) is 1.34. The van der Waals surface area contributed by atoms with Crippen LogP contribution in [-0.4, -0.2) is 60.4 Å². The van der Waals surface area contributed by atoms with E-state index in [9.17, 15) is 9.59 Å². The van der Waals surface area contributed by atoms with Gasteiger partial charge in [0.15, 0.2) is 0 Å². The van der Waals surface area contributed by atoms with Crippen LogP contribution in [0.4, 0.5) is 0 Å². The fourth-order valence-corrected chi connectivity index (χ4v) is 3.69. The fourth-order valence-electron chi connectivity index (χ4n) is 2.73. The topological polar surface area (TPSA) is 63.6 Å². The number of hydrogen-bond donors (Lipinski definition) is 1. The SMILES string of the molecule is CNC(=O)CSc1cn(CC(=O)N2CCOCC2)c2ccccc12. The number of nitrogens with one attached hydrogen (secondary N) is 1. The molecule has 1 aliphatic rings. The van der Waals surface area contributed by atoms with Gasteiger partial charge in [0.1, 0.15) is 6.54 Å². The van der Waals surface area contributed by atoms with Gasteiger partial charge < -0.3 is 19.5 Å². The van der Waals surface area contributed by atoms with Crippen LogP contribution in [0.25, 0.3) is 10.9 Å². The first-order valence-corrected chi connectivity index (χ1v) is 8.94. The lowest BCUT2D eigenvalue weighted by atomic mass is 10.2. The molecule has 2 amide bonds. The van der Waals surface area contributed by atoms with E-state index in [0.29, 0.717) is 38.6 Å². The lowest BCUT2D eigenvalue weighted by Crippen LogP contribution is -2.42. The van der Waals surface area contributed by atoms with Crippen LogP contribution in [0.2, 0.25) is 0 Å². The Morgan fingerprint density at radius 2 is 2.00 bits per heavy atom. The van der Waals surface area contributed by atoms with Gasteiger partial charge in [-0.1, -0.05) is 18.2 Å². The summed E-state index contributed by atoms with van der Waals surface area (Å²) in [7, 11) is 1.63. The van der Waals surface area contributed by atoms with Gasteiger partial charge in [-0.05, 0) is 6.07 Å². The van der Waals surface area contributed by atoms with E-state index in [2.05, 4.69) is 5.32 Å². The highest BCUT2D eigenvalue weighted by Gasteiger charge is 2.19. The Hall–Kier alpha value is -1.99. The minimum absolute atomic E-state index is 0.0128. The summed E-state index contributed by atoms with van der Waals surface area (Å²) < 4.78 is 7.27. The smallest absolute Gasteiger partial charge is 0.242 e. The van der Waals surface area contributed by atoms with E-state index in [0.717, 1.165) is 15.8 Å². The third kappa shape index (κ3) is 3.73. The molecule has 2 aromatic rings. The second-order valence-electron chi connectivity index (χ2n) is 5.59. The highest BCUT2D eigenvalue weighted by Crippen LogP contribution is 2.30. The van der Waals surface area contributed by atoms with Crippen LogP contribution in [0.1, 0.15) is 0 Å². The van der Waals surface area contributed by atoms with Crippen LogP contribution in [0, 0.1) is 0 Å². The number of para-hydroxylation sites is 1. The first-order valence-electron chi connectivity index (χ1n) is 7.96. The van der Waals surface area contributed by atoms with Gasteiger partial charge in [-0.3, -0.25) is 9.59 Å². The summed E-state index contributed by atoms with van der Waals surface area (Å²) in [4.78, 5) is 26.9. The number of aromatic nitrogens is 1. The van der Waals surface area contributed by atoms with Gasteiger partial charge in [0.05, 0.1) is 19.0 Å². The summed E-state index contributed by atoms with van der Waals surface area (Å²) in [5, 5.41) is 3.70. The van der Waals surface area contributed by atoms with Crippen molar-refractivity contribution in [2.45, 2.75) is 11.4 Å². The molecule has 1 saturated heterocycles. The first-order chi connectivity index (χ1) is 11.7. The molecule has 1 aromatic heterocycles. The van der Waals surface area contributed by atoms with E-state index >= 15 is 0 Å². The molecule has 2 heterocycles. The van der Waals surface area contributed by atoms with Crippen LogP contribution >= 0.6 is 11.8 Å². The maximum absolute atomic E-state index is 12.5. The zero-order valence-electron chi connectivity index (χ0n) is 13.7.